The van der Waals surface area contributed by atoms with E-state index in [1.165, 1.54) is 49.7 Å². The lowest BCUT2D eigenvalue weighted by atomic mass is 9.80. The van der Waals surface area contributed by atoms with Crippen molar-refractivity contribution in [3.63, 3.8) is 0 Å². The highest BCUT2D eigenvalue weighted by Crippen LogP contribution is 2.52. The fourth-order valence-corrected chi connectivity index (χ4v) is 4.73. The first-order valence-corrected chi connectivity index (χ1v) is 9.76. The van der Waals surface area contributed by atoms with E-state index in [-0.39, 0.29) is 5.41 Å². The Hall–Kier alpha value is -2.86. The number of fused-ring (bicyclic) bond motifs is 5. The first-order valence-electron chi connectivity index (χ1n) is 9.76. The molecule has 4 aromatic rings. The topological polar surface area (TPSA) is 0 Å². The average Bonchev–Trinajstić information content (AvgIpc) is 2.90. The molecule has 0 heteroatoms. The number of rotatable bonds is 2. The van der Waals surface area contributed by atoms with Gasteiger partial charge in [-0.25, -0.2) is 0 Å². The van der Waals surface area contributed by atoms with Gasteiger partial charge in [-0.2, -0.15) is 0 Å². The maximum Gasteiger partial charge on any atom is 0.0159 e. The summed E-state index contributed by atoms with van der Waals surface area (Å²) in [5.41, 5.74) is 9.92. The normalized spacial score (nSPS) is 14.2. The minimum atomic E-state index is 0.0339. The third-order valence-corrected chi connectivity index (χ3v) is 6.16. The Kier molecular flexibility index (Phi) is 3.52. The third kappa shape index (κ3) is 2.44. The van der Waals surface area contributed by atoms with Crippen molar-refractivity contribution >= 4 is 10.8 Å². The van der Waals surface area contributed by atoms with Crippen LogP contribution < -0.4 is 0 Å². The van der Waals surface area contributed by atoms with E-state index in [0.29, 0.717) is 0 Å². The molecule has 0 saturated heterocycles. The van der Waals surface area contributed by atoms with Gasteiger partial charge in [0.05, 0.1) is 0 Å². The Morgan fingerprint density at radius 3 is 2.19 bits per heavy atom. The SMILES string of the molecule is Cc1ccc2c(c1)C(C)(C)c1cc(Cc3ccccc3)c3ccccc3c1-2. The molecular weight excluding hydrogens is 324 g/mol. The van der Waals surface area contributed by atoms with Crippen molar-refractivity contribution in [2.24, 2.45) is 0 Å². The molecule has 0 aromatic heterocycles. The van der Waals surface area contributed by atoms with Gasteiger partial charge >= 0.3 is 0 Å². The molecule has 0 nitrogen and oxygen atoms in total. The highest BCUT2D eigenvalue weighted by molar-refractivity contribution is 6.04. The Bertz CT molecular complexity index is 1160. The predicted molar refractivity (Wildman–Crippen MR) is 115 cm³/mol. The second-order valence-electron chi connectivity index (χ2n) is 8.34. The Balaban J connectivity index is 1.81. The van der Waals surface area contributed by atoms with Gasteiger partial charge in [0.25, 0.3) is 0 Å². The molecule has 0 radical (unpaired) electrons. The number of hydrogen-bond acceptors (Lipinski definition) is 0. The lowest BCUT2D eigenvalue weighted by molar-refractivity contribution is 0.659. The standard InChI is InChI=1S/C27H24/c1-18-13-14-23-24(15-18)27(2,3)25-17-20(16-19-9-5-4-6-10-19)21-11-7-8-12-22(21)26(23)25/h4-15,17H,16H2,1-3H3. The zero-order valence-corrected chi connectivity index (χ0v) is 16.2. The van der Waals surface area contributed by atoms with Crippen LogP contribution in [0.25, 0.3) is 21.9 Å². The number of benzene rings is 4. The van der Waals surface area contributed by atoms with Crippen molar-refractivity contribution in [3.8, 4) is 11.1 Å². The summed E-state index contributed by atoms with van der Waals surface area (Å²) in [6, 6.07) is 29.2. The molecular formula is C27H24. The Labute approximate surface area is 161 Å². The molecule has 0 saturated carbocycles. The minimum Gasteiger partial charge on any atom is -0.0622 e. The molecule has 0 fully saturated rings. The highest BCUT2D eigenvalue weighted by Gasteiger charge is 2.37. The second kappa shape index (κ2) is 5.82. The zero-order chi connectivity index (χ0) is 18.6. The van der Waals surface area contributed by atoms with E-state index in [4.69, 9.17) is 0 Å². The molecule has 27 heavy (non-hydrogen) atoms. The molecule has 0 unspecified atom stereocenters. The van der Waals surface area contributed by atoms with Crippen LogP contribution in [0, 0.1) is 6.92 Å². The molecule has 4 aromatic carbocycles. The first-order chi connectivity index (χ1) is 13.1. The van der Waals surface area contributed by atoms with E-state index in [1.807, 2.05) is 0 Å². The summed E-state index contributed by atoms with van der Waals surface area (Å²) in [6.45, 7) is 6.94. The molecule has 0 heterocycles. The minimum absolute atomic E-state index is 0.0339. The van der Waals surface area contributed by atoms with Gasteiger partial charge in [0, 0.05) is 5.41 Å². The molecule has 5 rings (SSSR count). The van der Waals surface area contributed by atoms with Crippen molar-refractivity contribution in [1.29, 1.82) is 0 Å². The molecule has 0 N–H and O–H groups in total. The number of aryl methyl sites for hydroxylation is 1. The molecule has 1 aliphatic carbocycles. The molecule has 0 atom stereocenters. The summed E-state index contributed by atoms with van der Waals surface area (Å²) in [6.07, 6.45) is 0.972. The van der Waals surface area contributed by atoms with Crippen LogP contribution in [0.2, 0.25) is 0 Å². The smallest absolute Gasteiger partial charge is 0.0159 e. The van der Waals surface area contributed by atoms with Gasteiger partial charge in [-0.3, -0.25) is 0 Å². The van der Waals surface area contributed by atoms with Crippen molar-refractivity contribution in [2.75, 3.05) is 0 Å². The summed E-state index contributed by atoms with van der Waals surface area (Å²) >= 11 is 0. The molecule has 132 valence electrons. The first kappa shape index (κ1) is 16.3. The van der Waals surface area contributed by atoms with Crippen LogP contribution >= 0.6 is 0 Å². The van der Waals surface area contributed by atoms with Crippen LogP contribution in [0.15, 0.2) is 78.9 Å². The van der Waals surface area contributed by atoms with Crippen molar-refractivity contribution < 1.29 is 0 Å². The molecule has 0 spiro atoms. The van der Waals surface area contributed by atoms with Gasteiger partial charge in [0.1, 0.15) is 0 Å². The zero-order valence-electron chi connectivity index (χ0n) is 16.2. The van der Waals surface area contributed by atoms with Gasteiger partial charge in [-0.1, -0.05) is 98.3 Å². The quantitative estimate of drug-likeness (QED) is 0.364. The number of hydrogen-bond donors (Lipinski definition) is 0. The van der Waals surface area contributed by atoms with Crippen LogP contribution in [0.5, 0.6) is 0 Å². The molecule has 0 bridgehead atoms. The summed E-state index contributed by atoms with van der Waals surface area (Å²) in [4.78, 5) is 0. The summed E-state index contributed by atoms with van der Waals surface area (Å²) in [5, 5.41) is 2.76. The fourth-order valence-electron chi connectivity index (χ4n) is 4.73. The molecule has 0 amide bonds. The Morgan fingerprint density at radius 1 is 0.704 bits per heavy atom. The largest absolute Gasteiger partial charge is 0.0622 e. The summed E-state index contributed by atoms with van der Waals surface area (Å²) < 4.78 is 0. The van der Waals surface area contributed by atoms with Crippen LogP contribution in [-0.4, -0.2) is 0 Å². The fraction of sp³-hybridized carbons (Fsp3) is 0.185. The van der Waals surface area contributed by atoms with E-state index in [1.54, 1.807) is 0 Å². The van der Waals surface area contributed by atoms with E-state index < -0.39 is 0 Å². The van der Waals surface area contributed by atoms with Crippen molar-refractivity contribution in [1.82, 2.24) is 0 Å². The maximum absolute atomic E-state index is 2.47. The lowest BCUT2D eigenvalue weighted by Gasteiger charge is -2.23. The Morgan fingerprint density at radius 2 is 1.41 bits per heavy atom. The van der Waals surface area contributed by atoms with Gasteiger partial charge in [-0.15, -0.1) is 0 Å². The summed E-state index contributed by atoms with van der Waals surface area (Å²) in [7, 11) is 0. The summed E-state index contributed by atoms with van der Waals surface area (Å²) in [5.74, 6) is 0. The van der Waals surface area contributed by atoms with E-state index in [0.717, 1.165) is 6.42 Å². The monoisotopic (exact) mass is 348 g/mol. The third-order valence-electron chi connectivity index (χ3n) is 6.16. The van der Waals surface area contributed by atoms with Crippen LogP contribution in [-0.2, 0) is 11.8 Å². The van der Waals surface area contributed by atoms with Gasteiger partial charge in [0.2, 0.25) is 0 Å². The average molecular weight is 348 g/mol. The van der Waals surface area contributed by atoms with Crippen LogP contribution in [0.4, 0.5) is 0 Å². The van der Waals surface area contributed by atoms with E-state index in [2.05, 4.69) is 99.6 Å². The highest BCUT2D eigenvalue weighted by atomic mass is 14.4. The van der Waals surface area contributed by atoms with Gasteiger partial charge < -0.3 is 0 Å². The van der Waals surface area contributed by atoms with Gasteiger partial charge in [-0.05, 0) is 57.5 Å². The molecule has 1 aliphatic rings. The van der Waals surface area contributed by atoms with E-state index >= 15 is 0 Å². The predicted octanol–water partition coefficient (Wildman–Crippen LogP) is 7.05. The molecule has 0 aliphatic heterocycles. The van der Waals surface area contributed by atoms with Crippen LogP contribution in [0.3, 0.4) is 0 Å². The second-order valence-corrected chi connectivity index (χ2v) is 8.34. The van der Waals surface area contributed by atoms with Crippen molar-refractivity contribution in [2.45, 2.75) is 32.6 Å². The lowest BCUT2D eigenvalue weighted by Crippen LogP contribution is -2.15. The maximum atomic E-state index is 2.47. The van der Waals surface area contributed by atoms with E-state index in [9.17, 15) is 0 Å². The van der Waals surface area contributed by atoms with Gasteiger partial charge in [0.15, 0.2) is 0 Å². The van der Waals surface area contributed by atoms with Crippen molar-refractivity contribution in [3.05, 3.63) is 107 Å². The van der Waals surface area contributed by atoms with Crippen LogP contribution in [0.1, 0.15) is 41.7 Å².